The zero-order valence-corrected chi connectivity index (χ0v) is 17.5. The molecule has 0 aliphatic rings. The minimum atomic E-state index is 0.516. The first kappa shape index (κ1) is 18.9. The van der Waals surface area contributed by atoms with E-state index in [0.29, 0.717) is 34.4 Å². The second kappa shape index (κ2) is 7.28. The molecule has 0 saturated carbocycles. The third kappa shape index (κ3) is 2.93. The van der Waals surface area contributed by atoms with Gasteiger partial charge >= 0.3 is 0 Å². The van der Waals surface area contributed by atoms with Crippen LogP contribution in [0.2, 0.25) is 0 Å². The van der Waals surface area contributed by atoms with E-state index in [2.05, 4.69) is 26.3 Å². The predicted octanol–water partition coefficient (Wildman–Crippen LogP) is 3.46. The van der Waals surface area contributed by atoms with E-state index in [1.807, 2.05) is 41.7 Å². The SMILES string of the molecule is COc1cc(-c2nnc3c4cnn(-c5cccc(C)c5)c4ncn23)cc(OC)c1OC. The van der Waals surface area contributed by atoms with Gasteiger partial charge in [0.1, 0.15) is 6.33 Å². The number of ether oxygens (including phenoxy) is 3. The average Bonchev–Trinajstić information content (AvgIpc) is 3.42. The summed E-state index contributed by atoms with van der Waals surface area (Å²) < 4.78 is 20.0. The maximum Gasteiger partial charge on any atom is 0.203 e. The highest BCUT2D eigenvalue weighted by atomic mass is 16.5. The maximum atomic E-state index is 5.47. The van der Waals surface area contributed by atoms with Crippen molar-refractivity contribution in [3.8, 4) is 34.3 Å². The summed E-state index contributed by atoms with van der Waals surface area (Å²) in [4.78, 5) is 4.65. The molecule has 0 unspecified atom stereocenters. The number of fused-ring (bicyclic) bond motifs is 3. The van der Waals surface area contributed by atoms with Crippen LogP contribution < -0.4 is 14.2 Å². The molecule has 31 heavy (non-hydrogen) atoms. The molecule has 0 N–H and O–H groups in total. The quantitative estimate of drug-likeness (QED) is 0.433. The molecular weight excluding hydrogens is 396 g/mol. The largest absolute Gasteiger partial charge is 0.493 e. The normalized spacial score (nSPS) is 11.2. The second-order valence-corrected chi connectivity index (χ2v) is 7.01. The molecule has 3 aromatic heterocycles. The summed E-state index contributed by atoms with van der Waals surface area (Å²) >= 11 is 0. The first-order valence-electron chi connectivity index (χ1n) is 9.59. The fourth-order valence-electron chi connectivity index (χ4n) is 3.68. The lowest BCUT2D eigenvalue weighted by Gasteiger charge is -2.13. The minimum Gasteiger partial charge on any atom is -0.493 e. The van der Waals surface area contributed by atoms with Crippen LogP contribution in [-0.4, -0.2) is 50.7 Å². The van der Waals surface area contributed by atoms with E-state index < -0.39 is 0 Å². The summed E-state index contributed by atoms with van der Waals surface area (Å²) in [5, 5.41) is 14.1. The molecule has 0 bridgehead atoms. The molecule has 156 valence electrons. The number of nitrogens with zero attached hydrogens (tertiary/aromatic N) is 6. The van der Waals surface area contributed by atoms with Crippen LogP contribution in [0.25, 0.3) is 33.8 Å². The van der Waals surface area contributed by atoms with Gasteiger partial charge in [-0.1, -0.05) is 12.1 Å². The lowest BCUT2D eigenvalue weighted by atomic mass is 10.1. The molecule has 5 rings (SSSR count). The first-order valence-corrected chi connectivity index (χ1v) is 9.59. The predicted molar refractivity (Wildman–Crippen MR) is 115 cm³/mol. The van der Waals surface area contributed by atoms with Crippen molar-refractivity contribution in [2.75, 3.05) is 21.3 Å². The van der Waals surface area contributed by atoms with Crippen molar-refractivity contribution in [3.05, 3.63) is 54.5 Å². The Kier molecular flexibility index (Phi) is 4.43. The monoisotopic (exact) mass is 416 g/mol. The third-order valence-electron chi connectivity index (χ3n) is 5.15. The van der Waals surface area contributed by atoms with Crippen molar-refractivity contribution in [1.82, 2.24) is 29.4 Å². The average molecular weight is 416 g/mol. The highest BCUT2D eigenvalue weighted by Gasteiger charge is 2.19. The van der Waals surface area contributed by atoms with Crippen molar-refractivity contribution in [3.63, 3.8) is 0 Å². The number of hydrogen-bond donors (Lipinski definition) is 0. The van der Waals surface area contributed by atoms with E-state index >= 15 is 0 Å². The Hall–Kier alpha value is -4.14. The van der Waals surface area contributed by atoms with Crippen LogP contribution >= 0.6 is 0 Å². The number of aryl methyl sites for hydroxylation is 1. The van der Waals surface area contributed by atoms with Gasteiger partial charge in [0.05, 0.1) is 38.6 Å². The van der Waals surface area contributed by atoms with Crippen LogP contribution in [0.15, 0.2) is 48.9 Å². The van der Waals surface area contributed by atoms with Gasteiger partial charge in [-0.05, 0) is 36.8 Å². The van der Waals surface area contributed by atoms with E-state index in [1.54, 1.807) is 38.5 Å². The van der Waals surface area contributed by atoms with Crippen molar-refractivity contribution in [1.29, 1.82) is 0 Å². The van der Waals surface area contributed by atoms with E-state index in [9.17, 15) is 0 Å². The van der Waals surface area contributed by atoms with Crippen LogP contribution in [0.1, 0.15) is 5.56 Å². The van der Waals surface area contributed by atoms with Gasteiger partial charge in [0.15, 0.2) is 28.6 Å². The van der Waals surface area contributed by atoms with Gasteiger partial charge in [0.2, 0.25) is 5.75 Å². The van der Waals surface area contributed by atoms with E-state index in [4.69, 9.17) is 14.2 Å². The molecule has 2 aromatic carbocycles. The molecule has 0 saturated heterocycles. The van der Waals surface area contributed by atoms with Gasteiger partial charge in [0, 0.05) is 5.56 Å². The Morgan fingerprint density at radius 2 is 1.65 bits per heavy atom. The molecule has 0 radical (unpaired) electrons. The third-order valence-corrected chi connectivity index (χ3v) is 5.15. The van der Waals surface area contributed by atoms with E-state index in [-0.39, 0.29) is 0 Å². The Balaban J connectivity index is 1.69. The highest BCUT2D eigenvalue weighted by Crippen LogP contribution is 2.41. The number of aromatic nitrogens is 6. The van der Waals surface area contributed by atoms with Gasteiger partial charge in [-0.25, -0.2) is 9.67 Å². The summed E-state index contributed by atoms with van der Waals surface area (Å²) in [7, 11) is 4.72. The summed E-state index contributed by atoms with van der Waals surface area (Å²) in [5.74, 6) is 2.19. The van der Waals surface area contributed by atoms with Gasteiger partial charge < -0.3 is 14.2 Å². The summed E-state index contributed by atoms with van der Waals surface area (Å²) in [6, 6.07) is 11.8. The Labute approximate surface area is 177 Å². The second-order valence-electron chi connectivity index (χ2n) is 7.01. The molecule has 0 aliphatic heterocycles. The molecule has 0 atom stereocenters. The Morgan fingerprint density at radius 1 is 0.871 bits per heavy atom. The maximum absolute atomic E-state index is 5.47. The molecular formula is C22H20N6O3. The Morgan fingerprint density at radius 3 is 2.32 bits per heavy atom. The van der Waals surface area contributed by atoms with Crippen molar-refractivity contribution in [2.24, 2.45) is 0 Å². The smallest absolute Gasteiger partial charge is 0.203 e. The Bertz CT molecular complexity index is 1400. The lowest BCUT2D eigenvalue weighted by molar-refractivity contribution is 0.324. The van der Waals surface area contributed by atoms with Gasteiger partial charge in [-0.15, -0.1) is 10.2 Å². The molecule has 5 aromatic rings. The van der Waals surface area contributed by atoms with Crippen LogP contribution in [0.5, 0.6) is 17.2 Å². The number of methoxy groups -OCH3 is 3. The molecule has 9 heteroatoms. The van der Waals surface area contributed by atoms with Gasteiger partial charge in [0.25, 0.3) is 0 Å². The van der Waals surface area contributed by atoms with E-state index in [0.717, 1.165) is 22.2 Å². The standard InChI is InChI=1S/C22H20N6O3/c1-13-6-5-7-15(8-13)28-21-16(11-24-28)22-26-25-20(27(22)12-23-21)14-9-17(29-2)19(31-4)18(10-14)30-3/h5-12H,1-4H3. The summed E-state index contributed by atoms with van der Waals surface area (Å²) in [6.07, 6.45) is 3.46. The van der Waals surface area contributed by atoms with Crippen LogP contribution in [0, 0.1) is 6.92 Å². The van der Waals surface area contributed by atoms with Crippen molar-refractivity contribution < 1.29 is 14.2 Å². The zero-order chi connectivity index (χ0) is 21.5. The van der Waals surface area contributed by atoms with Gasteiger partial charge in [-0.3, -0.25) is 4.40 Å². The molecule has 3 heterocycles. The molecule has 9 nitrogen and oxygen atoms in total. The topological polar surface area (TPSA) is 88.6 Å². The summed E-state index contributed by atoms with van der Waals surface area (Å²) in [6.45, 7) is 2.04. The number of hydrogen-bond acceptors (Lipinski definition) is 7. The van der Waals surface area contributed by atoms with Crippen LogP contribution in [0.3, 0.4) is 0 Å². The minimum absolute atomic E-state index is 0.516. The fraction of sp³-hybridized carbons (Fsp3) is 0.182. The fourth-order valence-corrected chi connectivity index (χ4v) is 3.68. The molecule has 0 amide bonds. The molecule has 0 fully saturated rings. The number of benzene rings is 2. The molecule has 0 aliphatic carbocycles. The van der Waals surface area contributed by atoms with Gasteiger partial charge in [-0.2, -0.15) is 5.10 Å². The van der Waals surface area contributed by atoms with Crippen molar-refractivity contribution in [2.45, 2.75) is 6.92 Å². The highest BCUT2D eigenvalue weighted by molar-refractivity contribution is 5.90. The lowest BCUT2D eigenvalue weighted by Crippen LogP contribution is -2.00. The van der Waals surface area contributed by atoms with E-state index in [1.165, 1.54) is 0 Å². The van der Waals surface area contributed by atoms with Crippen LogP contribution in [-0.2, 0) is 0 Å². The molecule has 0 spiro atoms. The first-order chi connectivity index (χ1) is 15.1. The zero-order valence-electron chi connectivity index (χ0n) is 17.5. The summed E-state index contributed by atoms with van der Waals surface area (Å²) in [5.41, 5.74) is 4.22. The number of rotatable bonds is 5. The van der Waals surface area contributed by atoms with Crippen LogP contribution in [0.4, 0.5) is 0 Å². The van der Waals surface area contributed by atoms with Crippen molar-refractivity contribution >= 4 is 16.7 Å².